The van der Waals surface area contributed by atoms with Crippen LogP contribution in [0.2, 0.25) is 0 Å². The summed E-state index contributed by atoms with van der Waals surface area (Å²) in [5.41, 5.74) is -0.619. The van der Waals surface area contributed by atoms with Crippen molar-refractivity contribution in [3.63, 3.8) is 0 Å². The fourth-order valence-corrected chi connectivity index (χ4v) is 5.21. The van der Waals surface area contributed by atoms with Crippen LogP contribution in [0.25, 0.3) is 0 Å². The Morgan fingerprint density at radius 2 is 1.04 bits per heavy atom. The summed E-state index contributed by atoms with van der Waals surface area (Å²) in [5, 5.41) is 5.74. The van der Waals surface area contributed by atoms with Gasteiger partial charge in [0.25, 0.3) is 5.91 Å². The number of carbonyl (C=O) groups is 2. The summed E-state index contributed by atoms with van der Waals surface area (Å²) < 4.78 is 0. The van der Waals surface area contributed by atoms with Gasteiger partial charge in [-0.15, -0.1) is 0 Å². The van der Waals surface area contributed by atoms with Gasteiger partial charge in [-0.2, -0.15) is 0 Å². The van der Waals surface area contributed by atoms with E-state index < -0.39 is 5.54 Å². The van der Waals surface area contributed by atoms with E-state index in [0.717, 1.165) is 25.7 Å². The largest absolute Gasteiger partial charge is 0.323 e. The lowest BCUT2D eigenvalue weighted by molar-refractivity contribution is -0.129. The zero-order valence-corrected chi connectivity index (χ0v) is 14.4. The highest BCUT2D eigenvalue weighted by atomic mass is 16.2. The molecule has 0 radical (unpaired) electrons. The first kappa shape index (κ1) is 16.8. The third kappa shape index (κ3) is 3.56. The van der Waals surface area contributed by atoms with Crippen LogP contribution >= 0.6 is 0 Å². The second-order valence-corrected chi connectivity index (χ2v) is 7.86. The average molecular weight is 320 g/mol. The summed E-state index contributed by atoms with van der Waals surface area (Å²) in [4.78, 5) is 24.9. The van der Waals surface area contributed by atoms with E-state index >= 15 is 0 Å². The van der Waals surface area contributed by atoms with E-state index in [4.69, 9.17) is 0 Å². The highest BCUT2D eigenvalue weighted by molar-refractivity contribution is 6.07. The minimum Gasteiger partial charge on any atom is -0.323 e. The zero-order chi connectivity index (χ0) is 16.1. The lowest BCUT2D eigenvalue weighted by Crippen LogP contribution is -2.58. The number of imide groups is 1. The van der Waals surface area contributed by atoms with E-state index in [1.807, 2.05) is 0 Å². The number of carbonyl (C=O) groups excluding carboxylic acids is 2. The second kappa shape index (κ2) is 7.67. The van der Waals surface area contributed by atoms with E-state index in [1.165, 1.54) is 64.2 Å². The molecule has 3 aliphatic rings. The van der Waals surface area contributed by atoms with Crippen molar-refractivity contribution < 1.29 is 9.59 Å². The molecule has 1 heterocycles. The molecule has 1 aliphatic heterocycles. The molecule has 23 heavy (non-hydrogen) atoms. The highest BCUT2D eigenvalue weighted by Crippen LogP contribution is 2.42. The Hall–Kier alpha value is -1.06. The molecular formula is C19H32N2O2. The predicted octanol–water partition coefficient (Wildman–Crippen LogP) is 4.29. The number of rotatable bonds is 2. The lowest BCUT2D eigenvalue weighted by Gasteiger charge is -2.42. The number of urea groups is 1. The molecule has 0 aromatic rings. The first-order valence-corrected chi connectivity index (χ1v) is 9.87. The van der Waals surface area contributed by atoms with Gasteiger partial charge in [-0.3, -0.25) is 10.1 Å². The number of hydrogen-bond donors (Lipinski definition) is 2. The normalized spacial score (nSPS) is 28.2. The molecule has 1 saturated heterocycles. The molecule has 130 valence electrons. The molecule has 2 saturated carbocycles. The Morgan fingerprint density at radius 3 is 1.39 bits per heavy atom. The summed E-state index contributed by atoms with van der Waals surface area (Å²) in [6.07, 6.45) is 16.9. The molecule has 4 nitrogen and oxygen atoms in total. The monoisotopic (exact) mass is 320 g/mol. The molecule has 0 unspecified atom stereocenters. The summed E-state index contributed by atoms with van der Waals surface area (Å²) in [5.74, 6) is 0.607. The van der Waals surface area contributed by atoms with Gasteiger partial charge in [0.1, 0.15) is 5.54 Å². The minimum atomic E-state index is -0.619. The van der Waals surface area contributed by atoms with Crippen LogP contribution in [0.3, 0.4) is 0 Å². The van der Waals surface area contributed by atoms with Gasteiger partial charge in [-0.25, -0.2) is 4.79 Å². The number of hydrogen-bond acceptors (Lipinski definition) is 2. The fraction of sp³-hybridized carbons (Fsp3) is 0.895. The van der Waals surface area contributed by atoms with Gasteiger partial charge < -0.3 is 5.32 Å². The van der Waals surface area contributed by atoms with Gasteiger partial charge in [0.2, 0.25) is 0 Å². The van der Waals surface area contributed by atoms with E-state index in [1.54, 1.807) is 0 Å². The molecule has 0 aromatic heterocycles. The number of amides is 3. The molecule has 3 fully saturated rings. The molecule has 0 aromatic carbocycles. The van der Waals surface area contributed by atoms with Crippen LogP contribution in [0.5, 0.6) is 0 Å². The third-order valence-electron chi connectivity index (χ3n) is 6.42. The maximum absolute atomic E-state index is 12.9. The Kier molecular flexibility index (Phi) is 5.60. The van der Waals surface area contributed by atoms with E-state index in [9.17, 15) is 9.59 Å². The summed E-state index contributed by atoms with van der Waals surface area (Å²) in [6, 6.07) is -0.265. The third-order valence-corrected chi connectivity index (χ3v) is 6.42. The van der Waals surface area contributed by atoms with Crippen molar-refractivity contribution in [3.05, 3.63) is 0 Å². The first-order chi connectivity index (χ1) is 11.2. The summed E-state index contributed by atoms with van der Waals surface area (Å²) in [6.45, 7) is 0. The molecule has 2 aliphatic carbocycles. The Bertz CT molecular complexity index is 397. The maximum atomic E-state index is 12.9. The quantitative estimate of drug-likeness (QED) is 0.746. The highest BCUT2D eigenvalue weighted by Gasteiger charge is 2.55. The molecule has 3 rings (SSSR count). The van der Waals surface area contributed by atoms with Crippen molar-refractivity contribution >= 4 is 11.9 Å². The Labute approximate surface area is 140 Å². The second-order valence-electron chi connectivity index (χ2n) is 7.86. The van der Waals surface area contributed by atoms with Gasteiger partial charge in [-0.05, 0) is 37.5 Å². The van der Waals surface area contributed by atoms with E-state index in [0.29, 0.717) is 11.8 Å². The van der Waals surface area contributed by atoms with Crippen molar-refractivity contribution in [1.29, 1.82) is 0 Å². The van der Waals surface area contributed by atoms with Crippen LogP contribution in [0.15, 0.2) is 0 Å². The van der Waals surface area contributed by atoms with Gasteiger partial charge >= 0.3 is 6.03 Å². The average Bonchev–Trinajstić information content (AvgIpc) is 2.73. The topological polar surface area (TPSA) is 58.2 Å². The molecule has 3 amide bonds. The van der Waals surface area contributed by atoms with Crippen LogP contribution in [0.4, 0.5) is 4.79 Å². The molecule has 2 N–H and O–H groups in total. The van der Waals surface area contributed by atoms with Gasteiger partial charge in [0.15, 0.2) is 0 Å². The van der Waals surface area contributed by atoms with Gasteiger partial charge in [-0.1, -0.05) is 64.2 Å². The van der Waals surface area contributed by atoms with Crippen molar-refractivity contribution in [1.82, 2.24) is 10.6 Å². The van der Waals surface area contributed by atoms with E-state index in [2.05, 4.69) is 10.6 Å². The van der Waals surface area contributed by atoms with Crippen LogP contribution in [0.1, 0.15) is 89.9 Å². The standard InChI is InChI=1S/C19H32N2O2/c22-17-19(21-18(23)20-17,15-11-7-3-1-4-8-12-15)16-13-9-5-2-6-10-14-16/h15-16H,1-14H2,(H2,20,21,22,23). The molecule has 4 heteroatoms. The maximum Gasteiger partial charge on any atom is 0.322 e. The molecular weight excluding hydrogens is 288 g/mol. The summed E-state index contributed by atoms with van der Waals surface area (Å²) in [7, 11) is 0. The van der Waals surface area contributed by atoms with Crippen molar-refractivity contribution in [2.75, 3.05) is 0 Å². The van der Waals surface area contributed by atoms with Crippen molar-refractivity contribution in [2.24, 2.45) is 11.8 Å². The Morgan fingerprint density at radius 1 is 0.652 bits per heavy atom. The minimum absolute atomic E-state index is 0.0290. The van der Waals surface area contributed by atoms with Gasteiger partial charge in [0.05, 0.1) is 0 Å². The van der Waals surface area contributed by atoms with Crippen molar-refractivity contribution in [2.45, 2.75) is 95.4 Å². The Balaban J connectivity index is 1.86. The zero-order valence-electron chi connectivity index (χ0n) is 14.4. The fourth-order valence-electron chi connectivity index (χ4n) is 5.21. The first-order valence-electron chi connectivity index (χ1n) is 9.87. The molecule has 0 atom stereocenters. The predicted molar refractivity (Wildman–Crippen MR) is 91.0 cm³/mol. The summed E-state index contributed by atoms with van der Waals surface area (Å²) >= 11 is 0. The lowest BCUT2D eigenvalue weighted by atomic mass is 9.66. The number of nitrogens with one attached hydrogen (secondary N) is 2. The SMILES string of the molecule is O=C1NC(=O)C(C2CCCCCCC2)(C2CCCCCCC2)N1. The smallest absolute Gasteiger partial charge is 0.322 e. The molecule has 0 spiro atoms. The van der Waals surface area contributed by atoms with Crippen LogP contribution in [0, 0.1) is 11.8 Å². The molecule has 0 bridgehead atoms. The van der Waals surface area contributed by atoms with Crippen LogP contribution in [-0.2, 0) is 4.79 Å². The van der Waals surface area contributed by atoms with Crippen LogP contribution < -0.4 is 10.6 Å². The van der Waals surface area contributed by atoms with Crippen molar-refractivity contribution in [3.8, 4) is 0 Å². The van der Waals surface area contributed by atoms with Crippen LogP contribution in [-0.4, -0.2) is 17.5 Å². The van der Waals surface area contributed by atoms with Gasteiger partial charge in [0, 0.05) is 0 Å². The van der Waals surface area contributed by atoms with E-state index in [-0.39, 0.29) is 11.9 Å².